The van der Waals surface area contributed by atoms with E-state index in [1.807, 2.05) is 31.3 Å². The molecular weight excluding hydrogens is 368 g/mol. The van der Waals surface area contributed by atoms with Crippen LogP contribution >= 0.6 is 0 Å². The van der Waals surface area contributed by atoms with Gasteiger partial charge in [0, 0.05) is 50.6 Å². The van der Waals surface area contributed by atoms with E-state index in [1.165, 1.54) is 0 Å². The maximum absolute atomic E-state index is 12.1. The number of piperidine rings is 1. The highest BCUT2D eigenvalue weighted by molar-refractivity contribution is 5.91. The summed E-state index contributed by atoms with van der Waals surface area (Å²) < 4.78 is 7.91. The molecule has 0 unspecified atom stereocenters. The number of aryl methyl sites for hydroxylation is 1. The molecule has 0 bridgehead atoms. The highest BCUT2D eigenvalue weighted by atomic mass is 16.5. The Labute approximate surface area is 172 Å². The monoisotopic (exact) mass is 400 g/mol. The van der Waals surface area contributed by atoms with Crippen molar-refractivity contribution in [1.82, 2.24) is 14.7 Å². The van der Waals surface area contributed by atoms with Crippen LogP contribution < -0.4 is 10.1 Å². The maximum Gasteiger partial charge on any atom is 0.224 e. The van der Waals surface area contributed by atoms with E-state index in [4.69, 9.17) is 4.74 Å². The average molecular weight is 401 g/mol. The molecule has 0 atom stereocenters. The van der Waals surface area contributed by atoms with Crippen molar-refractivity contribution in [3.05, 3.63) is 30.5 Å². The predicted molar refractivity (Wildman–Crippen MR) is 114 cm³/mol. The van der Waals surface area contributed by atoms with Gasteiger partial charge in [-0.1, -0.05) is 13.3 Å². The Kier molecular flexibility index (Phi) is 7.66. The number of unbranched alkanes of at least 4 members (excludes halogenated alkanes) is 1. The number of hydrogen-bond acceptors (Lipinski definition) is 5. The number of likely N-dealkylation sites (tertiary alicyclic amines) is 1. The van der Waals surface area contributed by atoms with Gasteiger partial charge in [0.05, 0.1) is 11.8 Å². The Morgan fingerprint density at radius 2 is 2.10 bits per heavy atom. The van der Waals surface area contributed by atoms with Crippen molar-refractivity contribution in [1.29, 1.82) is 0 Å². The molecule has 1 aromatic heterocycles. The summed E-state index contributed by atoms with van der Waals surface area (Å²) in [5, 5.41) is 16.9. The molecule has 7 heteroatoms. The fraction of sp³-hybridized carbons (Fsp3) is 0.545. The number of nitrogens with zero attached hydrogens (tertiary/aromatic N) is 3. The van der Waals surface area contributed by atoms with Crippen molar-refractivity contribution in [3.63, 3.8) is 0 Å². The molecule has 2 N–H and O–H groups in total. The number of hydrogen-bond donors (Lipinski definition) is 2. The van der Waals surface area contributed by atoms with Crippen molar-refractivity contribution in [2.75, 3.05) is 31.6 Å². The van der Waals surface area contributed by atoms with Crippen molar-refractivity contribution in [2.24, 2.45) is 7.05 Å². The van der Waals surface area contributed by atoms with Crippen LogP contribution in [0.4, 0.5) is 5.69 Å². The van der Waals surface area contributed by atoms with E-state index < -0.39 is 0 Å². The fourth-order valence-electron chi connectivity index (χ4n) is 3.56. The summed E-state index contributed by atoms with van der Waals surface area (Å²) in [7, 11) is 1.89. The number of rotatable bonds is 9. The van der Waals surface area contributed by atoms with Gasteiger partial charge in [-0.2, -0.15) is 5.10 Å². The summed E-state index contributed by atoms with van der Waals surface area (Å²) in [5.41, 5.74) is 2.61. The minimum Gasteiger partial charge on any atom is -0.492 e. The lowest BCUT2D eigenvalue weighted by molar-refractivity contribution is -0.116. The molecule has 1 amide bonds. The maximum atomic E-state index is 12.1. The highest BCUT2D eigenvalue weighted by Gasteiger charge is 2.17. The lowest BCUT2D eigenvalue weighted by Crippen LogP contribution is -2.38. The van der Waals surface area contributed by atoms with E-state index in [2.05, 4.69) is 22.2 Å². The van der Waals surface area contributed by atoms with E-state index in [0.717, 1.165) is 68.0 Å². The molecule has 2 heterocycles. The van der Waals surface area contributed by atoms with Crippen LogP contribution in [0.3, 0.4) is 0 Å². The van der Waals surface area contributed by atoms with Gasteiger partial charge in [-0.15, -0.1) is 0 Å². The molecule has 1 saturated heterocycles. The topological polar surface area (TPSA) is 79.6 Å². The Bertz CT molecular complexity index is 797. The van der Waals surface area contributed by atoms with Gasteiger partial charge in [0.15, 0.2) is 0 Å². The molecule has 29 heavy (non-hydrogen) atoms. The van der Waals surface area contributed by atoms with Crippen LogP contribution in [-0.4, -0.2) is 58.0 Å². The van der Waals surface area contributed by atoms with Crippen molar-refractivity contribution < 1.29 is 14.6 Å². The first-order valence-corrected chi connectivity index (χ1v) is 10.5. The number of carbonyl (C=O) groups excluding carboxylic acids is 1. The third-order valence-electron chi connectivity index (χ3n) is 5.34. The summed E-state index contributed by atoms with van der Waals surface area (Å²) in [6.45, 7) is 5.28. The van der Waals surface area contributed by atoms with E-state index in [9.17, 15) is 9.90 Å². The Morgan fingerprint density at radius 3 is 2.79 bits per heavy atom. The van der Waals surface area contributed by atoms with Gasteiger partial charge in [-0.05, 0) is 43.5 Å². The molecule has 1 aliphatic rings. The second-order valence-corrected chi connectivity index (χ2v) is 7.62. The SMILES string of the molecule is CCCCC(=O)Nc1ccc(OCCN2CCC(O)CC2)c(-c2ccnn2C)c1. The van der Waals surface area contributed by atoms with Crippen LogP contribution in [-0.2, 0) is 11.8 Å². The van der Waals surface area contributed by atoms with Gasteiger partial charge in [-0.25, -0.2) is 0 Å². The third-order valence-corrected chi connectivity index (χ3v) is 5.34. The predicted octanol–water partition coefficient (Wildman–Crippen LogP) is 3.05. The molecule has 1 fully saturated rings. The summed E-state index contributed by atoms with van der Waals surface area (Å²) in [6, 6.07) is 7.69. The third kappa shape index (κ3) is 6.05. The van der Waals surface area contributed by atoms with Crippen molar-refractivity contribution in [3.8, 4) is 17.0 Å². The molecule has 3 rings (SSSR count). The molecule has 1 aliphatic heterocycles. The summed E-state index contributed by atoms with van der Waals surface area (Å²) >= 11 is 0. The first kappa shape index (κ1) is 21.3. The first-order chi connectivity index (χ1) is 14.1. The van der Waals surface area contributed by atoms with E-state index in [1.54, 1.807) is 10.9 Å². The quantitative estimate of drug-likeness (QED) is 0.676. The number of anilines is 1. The zero-order valence-corrected chi connectivity index (χ0v) is 17.4. The number of aromatic nitrogens is 2. The minimum atomic E-state index is -0.163. The normalized spacial score (nSPS) is 15.4. The Morgan fingerprint density at radius 1 is 1.31 bits per heavy atom. The molecule has 0 spiro atoms. The smallest absolute Gasteiger partial charge is 0.224 e. The van der Waals surface area contributed by atoms with Crippen LogP contribution in [0.15, 0.2) is 30.5 Å². The molecule has 0 aliphatic carbocycles. The van der Waals surface area contributed by atoms with Gasteiger partial charge in [0.2, 0.25) is 5.91 Å². The molecule has 1 aromatic carbocycles. The highest BCUT2D eigenvalue weighted by Crippen LogP contribution is 2.32. The number of nitrogens with one attached hydrogen (secondary N) is 1. The Hall–Kier alpha value is -2.38. The van der Waals surface area contributed by atoms with E-state index >= 15 is 0 Å². The zero-order chi connectivity index (χ0) is 20.6. The van der Waals surface area contributed by atoms with E-state index in [-0.39, 0.29) is 12.0 Å². The summed E-state index contributed by atoms with van der Waals surface area (Å²) in [5.74, 6) is 0.806. The largest absolute Gasteiger partial charge is 0.492 e. The number of aliphatic hydroxyl groups excluding tert-OH is 1. The lowest BCUT2D eigenvalue weighted by atomic mass is 10.1. The van der Waals surface area contributed by atoms with Crippen LogP contribution in [0.1, 0.15) is 39.0 Å². The molecule has 0 saturated carbocycles. The van der Waals surface area contributed by atoms with Gasteiger partial charge in [0.1, 0.15) is 12.4 Å². The van der Waals surface area contributed by atoms with Crippen LogP contribution in [0.2, 0.25) is 0 Å². The second-order valence-electron chi connectivity index (χ2n) is 7.62. The number of ether oxygens (including phenoxy) is 1. The van der Waals surface area contributed by atoms with Crippen LogP contribution in [0.5, 0.6) is 5.75 Å². The average Bonchev–Trinajstić information content (AvgIpc) is 3.14. The Balaban J connectivity index is 1.68. The van der Waals surface area contributed by atoms with Crippen molar-refractivity contribution >= 4 is 11.6 Å². The van der Waals surface area contributed by atoms with Crippen LogP contribution in [0, 0.1) is 0 Å². The molecule has 7 nitrogen and oxygen atoms in total. The van der Waals surface area contributed by atoms with Crippen molar-refractivity contribution in [2.45, 2.75) is 45.1 Å². The summed E-state index contributed by atoms with van der Waals surface area (Å²) in [4.78, 5) is 14.4. The number of aliphatic hydroxyl groups is 1. The van der Waals surface area contributed by atoms with Gasteiger partial charge in [-0.3, -0.25) is 14.4 Å². The summed E-state index contributed by atoms with van der Waals surface area (Å²) in [6.07, 6.45) is 5.65. The molecular formula is C22H32N4O3. The first-order valence-electron chi connectivity index (χ1n) is 10.5. The van der Waals surface area contributed by atoms with E-state index in [0.29, 0.717) is 13.0 Å². The zero-order valence-electron chi connectivity index (χ0n) is 17.4. The van der Waals surface area contributed by atoms with Gasteiger partial charge >= 0.3 is 0 Å². The number of amides is 1. The molecule has 0 radical (unpaired) electrons. The minimum absolute atomic E-state index is 0.0313. The van der Waals surface area contributed by atoms with Gasteiger partial charge in [0.25, 0.3) is 0 Å². The fourth-order valence-corrected chi connectivity index (χ4v) is 3.56. The molecule has 2 aromatic rings. The standard InChI is InChI=1S/C22H32N4O3/c1-3-4-5-22(28)24-17-6-7-21(19(16-17)20-8-11-23-25(20)2)29-15-14-26-12-9-18(27)10-13-26/h6-8,11,16,18,27H,3-5,9-10,12-15H2,1-2H3,(H,24,28). The number of benzene rings is 1. The van der Waals surface area contributed by atoms with Crippen LogP contribution in [0.25, 0.3) is 11.3 Å². The second kappa shape index (κ2) is 10.4. The molecule has 158 valence electrons. The van der Waals surface area contributed by atoms with Gasteiger partial charge < -0.3 is 15.2 Å². The lowest BCUT2D eigenvalue weighted by Gasteiger charge is -2.29. The number of carbonyl (C=O) groups is 1.